The molecule has 1 heterocycles. The van der Waals surface area contributed by atoms with Gasteiger partial charge in [0.2, 0.25) is 5.88 Å². The van der Waals surface area contributed by atoms with E-state index in [2.05, 4.69) is 26.2 Å². The minimum atomic E-state index is -0.267. The Kier molecular flexibility index (Phi) is 7.84. The summed E-state index contributed by atoms with van der Waals surface area (Å²) < 4.78 is 30.8. The molecular weight excluding hydrogens is 439 g/mol. The van der Waals surface area contributed by atoms with Gasteiger partial charge in [-0.1, -0.05) is 34.1 Å². The Labute approximate surface area is 178 Å². The van der Waals surface area contributed by atoms with E-state index in [-0.39, 0.29) is 5.82 Å². The van der Waals surface area contributed by atoms with E-state index in [0.29, 0.717) is 43.7 Å². The number of nitrogens with zero attached hydrogens (tertiary/aromatic N) is 1. The lowest BCUT2D eigenvalue weighted by Gasteiger charge is -2.15. The Morgan fingerprint density at radius 2 is 1.86 bits per heavy atom. The van der Waals surface area contributed by atoms with E-state index in [4.69, 9.17) is 14.2 Å². The fourth-order valence-electron chi connectivity index (χ4n) is 2.61. The Hall–Kier alpha value is -2.64. The lowest BCUT2D eigenvalue weighted by molar-refractivity contribution is 0.283. The number of rotatable bonds is 10. The van der Waals surface area contributed by atoms with Crippen LogP contribution in [0.25, 0.3) is 0 Å². The highest BCUT2D eigenvalue weighted by Gasteiger charge is 2.11. The molecule has 0 bridgehead atoms. The molecule has 2 aromatic carbocycles. The molecule has 0 aliphatic carbocycles. The van der Waals surface area contributed by atoms with E-state index in [1.165, 1.54) is 12.1 Å². The third-order valence-electron chi connectivity index (χ3n) is 4.12. The second kappa shape index (κ2) is 10.8. The molecule has 0 saturated heterocycles. The first-order valence-corrected chi connectivity index (χ1v) is 9.93. The SMILES string of the molecule is COc1cc(CNCCOc2ccccn2)c(Br)cc1OCc1ccc(F)cc1. The highest BCUT2D eigenvalue weighted by molar-refractivity contribution is 9.10. The van der Waals surface area contributed by atoms with Gasteiger partial charge in [-0.15, -0.1) is 0 Å². The van der Waals surface area contributed by atoms with Gasteiger partial charge in [0.25, 0.3) is 0 Å². The number of methoxy groups -OCH3 is 1. The summed E-state index contributed by atoms with van der Waals surface area (Å²) in [5.41, 5.74) is 1.91. The number of ether oxygens (including phenoxy) is 3. The maximum absolute atomic E-state index is 13.0. The molecule has 0 spiro atoms. The molecule has 0 radical (unpaired) electrons. The molecule has 7 heteroatoms. The van der Waals surface area contributed by atoms with Crippen LogP contribution in [-0.4, -0.2) is 25.2 Å². The standard InChI is InChI=1S/C22H22BrFN2O3/c1-27-20-12-17(14-25-10-11-28-22-4-2-3-9-26-22)19(23)13-21(20)29-15-16-5-7-18(24)8-6-16/h2-9,12-13,25H,10-11,14-15H2,1H3. The second-order valence-corrected chi connectivity index (χ2v) is 7.06. The second-order valence-electron chi connectivity index (χ2n) is 6.20. The van der Waals surface area contributed by atoms with E-state index >= 15 is 0 Å². The molecule has 1 aromatic heterocycles. The molecule has 0 amide bonds. The van der Waals surface area contributed by atoms with Crippen molar-refractivity contribution in [2.24, 2.45) is 0 Å². The molecule has 152 valence electrons. The average Bonchev–Trinajstić information content (AvgIpc) is 2.75. The molecule has 0 saturated carbocycles. The van der Waals surface area contributed by atoms with Crippen LogP contribution >= 0.6 is 15.9 Å². The summed E-state index contributed by atoms with van der Waals surface area (Å²) in [6.45, 7) is 2.16. The average molecular weight is 461 g/mol. The van der Waals surface area contributed by atoms with Crippen molar-refractivity contribution in [2.75, 3.05) is 20.3 Å². The van der Waals surface area contributed by atoms with Gasteiger partial charge in [-0.25, -0.2) is 9.37 Å². The lowest BCUT2D eigenvalue weighted by atomic mass is 10.2. The number of benzene rings is 2. The van der Waals surface area contributed by atoms with Gasteiger partial charge >= 0.3 is 0 Å². The third kappa shape index (κ3) is 6.44. The molecule has 29 heavy (non-hydrogen) atoms. The molecule has 1 N–H and O–H groups in total. The van der Waals surface area contributed by atoms with Crippen LogP contribution in [0, 0.1) is 5.82 Å². The monoisotopic (exact) mass is 460 g/mol. The van der Waals surface area contributed by atoms with Gasteiger partial charge in [0.05, 0.1) is 7.11 Å². The first kappa shape index (κ1) is 21.1. The van der Waals surface area contributed by atoms with Gasteiger partial charge in [-0.05, 0) is 41.5 Å². The van der Waals surface area contributed by atoms with Gasteiger partial charge in [-0.2, -0.15) is 0 Å². The number of nitrogens with one attached hydrogen (secondary N) is 1. The van der Waals surface area contributed by atoms with Crippen molar-refractivity contribution >= 4 is 15.9 Å². The van der Waals surface area contributed by atoms with Crippen LogP contribution in [0.15, 0.2) is 65.3 Å². The minimum absolute atomic E-state index is 0.267. The molecule has 0 aliphatic heterocycles. The van der Waals surface area contributed by atoms with E-state index in [1.54, 1.807) is 25.4 Å². The minimum Gasteiger partial charge on any atom is -0.493 e. The maximum Gasteiger partial charge on any atom is 0.213 e. The molecule has 5 nitrogen and oxygen atoms in total. The number of aromatic nitrogens is 1. The van der Waals surface area contributed by atoms with Gasteiger partial charge in [-0.3, -0.25) is 0 Å². The Bertz CT molecular complexity index is 908. The smallest absolute Gasteiger partial charge is 0.213 e. The Morgan fingerprint density at radius 3 is 2.59 bits per heavy atom. The zero-order valence-corrected chi connectivity index (χ0v) is 17.6. The van der Waals surface area contributed by atoms with Crippen LogP contribution < -0.4 is 19.5 Å². The van der Waals surface area contributed by atoms with E-state index in [9.17, 15) is 4.39 Å². The van der Waals surface area contributed by atoms with Crippen molar-refractivity contribution < 1.29 is 18.6 Å². The van der Waals surface area contributed by atoms with Crippen molar-refractivity contribution in [1.82, 2.24) is 10.3 Å². The number of pyridine rings is 1. The molecule has 3 rings (SSSR count). The quantitative estimate of drug-likeness (QED) is 0.442. The lowest BCUT2D eigenvalue weighted by Crippen LogP contribution is -2.21. The normalized spacial score (nSPS) is 10.6. The highest BCUT2D eigenvalue weighted by atomic mass is 79.9. The van der Waals surface area contributed by atoms with Gasteiger partial charge < -0.3 is 19.5 Å². The first-order valence-electron chi connectivity index (χ1n) is 9.14. The number of hydrogen-bond donors (Lipinski definition) is 1. The molecule has 0 aliphatic rings. The zero-order chi connectivity index (χ0) is 20.5. The number of hydrogen-bond acceptors (Lipinski definition) is 5. The molecule has 0 fully saturated rings. The predicted octanol–water partition coefficient (Wildman–Crippen LogP) is 4.74. The van der Waals surface area contributed by atoms with Crippen LogP contribution in [0.2, 0.25) is 0 Å². The largest absolute Gasteiger partial charge is 0.493 e. The topological polar surface area (TPSA) is 52.6 Å². The van der Waals surface area contributed by atoms with Crippen molar-refractivity contribution in [2.45, 2.75) is 13.2 Å². The van der Waals surface area contributed by atoms with Crippen molar-refractivity contribution in [3.05, 3.63) is 82.2 Å². The van der Waals surface area contributed by atoms with Gasteiger partial charge in [0.1, 0.15) is 19.0 Å². The fourth-order valence-corrected chi connectivity index (χ4v) is 3.07. The summed E-state index contributed by atoms with van der Waals surface area (Å²) in [4.78, 5) is 4.12. The van der Waals surface area contributed by atoms with Crippen molar-refractivity contribution in [3.63, 3.8) is 0 Å². The summed E-state index contributed by atoms with van der Waals surface area (Å²) >= 11 is 3.59. The molecule has 0 atom stereocenters. The van der Waals surface area contributed by atoms with Gasteiger partial charge in [0, 0.05) is 29.8 Å². The number of halogens is 2. The zero-order valence-electron chi connectivity index (χ0n) is 16.0. The van der Waals surface area contributed by atoms with Crippen molar-refractivity contribution in [1.29, 1.82) is 0 Å². The van der Waals surface area contributed by atoms with E-state index < -0.39 is 0 Å². The third-order valence-corrected chi connectivity index (χ3v) is 4.86. The summed E-state index contributed by atoms with van der Waals surface area (Å²) in [6, 6.07) is 15.6. The highest BCUT2D eigenvalue weighted by Crippen LogP contribution is 2.34. The summed E-state index contributed by atoms with van der Waals surface area (Å²) in [5, 5.41) is 3.33. The molecule has 3 aromatic rings. The van der Waals surface area contributed by atoms with Crippen LogP contribution in [0.4, 0.5) is 4.39 Å². The van der Waals surface area contributed by atoms with Crippen molar-refractivity contribution in [3.8, 4) is 17.4 Å². The molecular formula is C22H22BrFN2O3. The Balaban J connectivity index is 1.52. The van der Waals surface area contributed by atoms with Crippen LogP contribution in [0.3, 0.4) is 0 Å². The summed E-state index contributed by atoms with van der Waals surface area (Å²) in [7, 11) is 1.60. The summed E-state index contributed by atoms with van der Waals surface area (Å²) in [5.74, 6) is 1.60. The Morgan fingerprint density at radius 1 is 1.03 bits per heavy atom. The van der Waals surface area contributed by atoms with E-state index in [0.717, 1.165) is 15.6 Å². The van der Waals surface area contributed by atoms with Crippen LogP contribution in [-0.2, 0) is 13.2 Å². The summed E-state index contributed by atoms with van der Waals surface area (Å²) in [6.07, 6.45) is 1.70. The maximum atomic E-state index is 13.0. The van der Waals surface area contributed by atoms with Crippen LogP contribution in [0.5, 0.6) is 17.4 Å². The first-order chi connectivity index (χ1) is 14.2. The van der Waals surface area contributed by atoms with E-state index in [1.807, 2.05) is 30.3 Å². The van der Waals surface area contributed by atoms with Gasteiger partial charge in [0.15, 0.2) is 11.5 Å². The molecule has 0 unspecified atom stereocenters. The predicted molar refractivity (Wildman–Crippen MR) is 113 cm³/mol. The van der Waals surface area contributed by atoms with Crippen LogP contribution in [0.1, 0.15) is 11.1 Å². The fraction of sp³-hybridized carbons (Fsp3) is 0.227.